The van der Waals surface area contributed by atoms with Gasteiger partial charge < -0.3 is 24.9 Å². The number of ether oxygens (including phenoxy) is 2. The van der Waals surface area contributed by atoms with Crippen LogP contribution in [0, 0.1) is 5.82 Å². The van der Waals surface area contributed by atoms with Gasteiger partial charge in [0.1, 0.15) is 23.3 Å². The minimum atomic E-state index is -0.357. The van der Waals surface area contributed by atoms with Crippen molar-refractivity contribution >= 4 is 22.6 Å². The average Bonchev–Trinajstić information content (AvgIpc) is 3.33. The molecule has 5 rings (SSSR count). The van der Waals surface area contributed by atoms with E-state index in [0.717, 1.165) is 22.2 Å². The lowest BCUT2D eigenvalue weighted by atomic mass is 9.95. The second kappa shape index (κ2) is 9.19. The lowest BCUT2D eigenvalue weighted by Crippen LogP contribution is -2.25. The molecule has 0 saturated heterocycles. The molecule has 34 heavy (non-hydrogen) atoms. The number of nitrogens with one attached hydrogen (secondary N) is 1. The first-order chi connectivity index (χ1) is 16.6. The van der Waals surface area contributed by atoms with Crippen molar-refractivity contribution in [1.82, 2.24) is 0 Å². The zero-order valence-corrected chi connectivity index (χ0v) is 18.8. The highest BCUT2D eigenvalue weighted by atomic mass is 19.1. The third-order valence-electron chi connectivity index (χ3n) is 6.01. The number of carbonyl (C=O) groups excluding carboxylic acids is 1. The molecule has 1 aromatic heterocycles. The fraction of sp³-hybridized carbons (Fsp3) is 0.222. The molecule has 2 heterocycles. The topological polar surface area (TPSA) is 86.7 Å². The van der Waals surface area contributed by atoms with Crippen LogP contribution in [-0.4, -0.2) is 19.1 Å². The molecule has 4 aromatic rings. The molecular formula is C27H25FN2O4. The van der Waals surface area contributed by atoms with Gasteiger partial charge in [-0.15, -0.1) is 0 Å². The number of para-hydroxylation sites is 1. The minimum absolute atomic E-state index is 0.107. The molecule has 0 spiro atoms. The SMILES string of the molecule is CCOC(=O)Cc1cccc2c1O[C@@H](c1cc(-c3cccc(CN)c3F)c3occc3c1)CN2. The molecule has 0 amide bonds. The van der Waals surface area contributed by atoms with Gasteiger partial charge in [-0.25, -0.2) is 4.39 Å². The number of furan rings is 1. The molecule has 0 bridgehead atoms. The first kappa shape index (κ1) is 22.0. The van der Waals surface area contributed by atoms with Crippen LogP contribution in [0.1, 0.15) is 29.7 Å². The van der Waals surface area contributed by atoms with Crippen molar-refractivity contribution in [1.29, 1.82) is 0 Å². The Morgan fingerprint density at radius 1 is 1.15 bits per heavy atom. The largest absolute Gasteiger partial charge is 0.481 e. The summed E-state index contributed by atoms with van der Waals surface area (Å²) in [6.45, 7) is 2.73. The molecule has 1 aliphatic heterocycles. The molecule has 0 unspecified atom stereocenters. The first-order valence-corrected chi connectivity index (χ1v) is 11.3. The van der Waals surface area contributed by atoms with Crippen LogP contribution in [-0.2, 0) is 22.5 Å². The van der Waals surface area contributed by atoms with E-state index >= 15 is 4.39 Å². The molecule has 7 heteroatoms. The van der Waals surface area contributed by atoms with E-state index in [1.807, 2.05) is 36.4 Å². The minimum Gasteiger partial charge on any atom is -0.481 e. The summed E-state index contributed by atoms with van der Waals surface area (Å²) < 4.78 is 32.4. The number of nitrogens with two attached hydrogens (primary N) is 1. The molecule has 174 valence electrons. The van der Waals surface area contributed by atoms with Crippen molar-refractivity contribution in [3.63, 3.8) is 0 Å². The molecule has 0 radical (unpaired) electrons. The van der Waals surface area contributed by atoms with E-state index in [9.17, 15) is 4.79 Å². The van der Waals surface area contributed by atoms with Crippen molar-refractivity contribution in [3.8, 4) is 16.9 Å². The Morgan fingerprint density at radius 3 is 2.79 bits per heavy atom. The van der Waals surface area contributed by atoms with Gasteiger partial charge in [-0.1, -0.05) is 30.3 Å². The summed E-state index contributed by atoms with van der Waals surface area (Å²) in [6, 6.07) is 16.6. The number of rotatable bonds is 6. The van der Waals surface area contributed by atoms with E-state index in [1.54, 1.807) is 31.4 Å². The van der Waals surface area contributed by atoms with Gasteiger partial charge in [-0.3, -0.25) is 4.79 Å². The Balaban J connectivity index is 1.54. The molecule has 6 nitrogen and oxygen atoms in total. The summed E-state index contributed by atoms with van der Waals surface area (Å²) >= 11 is 0. The van der Waals surface area contributed by atoms with Gasteiger partial charge in [0.2, 0.25) is 0 Å². The van der Waals surface area contributed by atoms with Crippen molar-refractivity contribution in [3.05, 3.63) is 83.4 Å². The molecular weight excluding hydrogens is 435 g/mol. The number of hydrogen-bond acceptors (Lipinski definition) is 6. The quantitative estimate of drug-likeness (QED) is 0.377. The summed E-state index contributed by atoms with van der Waals surface area (Å²) in [5.41, 5.74) is 10.3. The Hall–Kier alpha value is -3.84. The number of carbonyl (C=O) groups is 1. The van der Waals surface area contributed by atoms with Gasteiger partial charge in [-0.05, 0) is 36.8 Å². The van der Waals surface area contributed by atoms with Crippen LogP contribution in [0.3, 0.4) is 0 Å². The lowest BCUT2D eigenvalue weighted by Gasteiger charge is -2.29. The van der Waals surface area contributed by atoms with Crippen molar-refractivity contribution < 1.29 is 23.1 Å². The van der Waals surface area contributed by atoms with Gasteiger partial charge in [-0.2, -0.15) is 0 Å². The maximum atomic E-state index is 15.2. The van der Waals surface area contributed by atoms with Crippen LogP contribution >= 0.6 is 0 Å². The second-order valence-electron chi connectivity index (χ2n) is 8.15. The van der Waals surface area contributed by atoms with Gasteiger partial charge in [0, 0.05) is 34.2 Å². The fourth-order valence-electron chi connectivity index (χ4n) is 4.38. The molecule has 0 fully saturated rings. The highest BCUT2D eigenvalue weighted by Gasteiger charge is 2.26. The Kier molecular flexibility index (Phi) is 5.94. The number of hydrogen-bond donors (Lipinski definition) is 2. The third kappa shape index (κ3) is 3.99. The Labute approximate surface area is 196 Å². The highest BCUT2D eigenvalue weighted by Crippen LogP contribution is 2.40. The van der Waals surface area contributed by atoms with Gasteiger partial charge in [0.05, 0.1) is 31.5 Å². The average molecular weight is 461 g/mol. The summed E-state index contributed by atoms with van der Waals surface area (Å²) in [5, 5.41) is 4.24. The number of fused-ring (bicyclic) bond motifs is 2. The van der Waals surface area contributed by atoms with Crippen LogP contribution in [0.5, 0.6) is 5.75 Å². The zero-order valence-electron chi connectivity index (χ0n) is 18.8. The second-order valence-corrected chi connectivity index (χ2v) is 8.15. The van der Waals surface area contributed by atoms with E-state index in [-0.39, 0.29) is 30.9 Å². The van der Waals surface area contributed by atoms with E-state index in [2.05, 4.69) is 5.32 Å². The first-order valence-electron chi connectivity index (χ1n) is 11.3. The zero-order chi connectivity index (χ0) is 23.7. The predicted molar refractivity (Wildman–Crippen MR) is 128 cm³/mol. The number of esters is 1. The fourth-order valence-corrected chi connectivity index (χ4v) is 4.38. The lowest BCUT2D eigenvalue weighted by molar-refractivity contribution is -0.142. The van der Waals surface area contributed by atoms with Crippen molar-refractivity contribution in [2.45, 2.75) is 26.0 Å². The molecule has 0 saturated carbocycles. The molecule has 3 aromatic carbocycles. The third-order valence-corrected chi connectivity index (χ3v) is 6.01. The van der Waals surface area contributed by atoms with E-state index in [4.69, 9.17) is 19.6 Å². The molecule has 1 aliphatic rings. The number of benzene rings is 3. The number of halogens is 1. The van der Waals surface area contributed by atoms with Gasteiger partial charge >= 0.3 is 5.97 Å². The Bertz CT molecular complexity index is 1360. The van der Waals surface area contributed by atoms with E-state index < -0.39 is 0 Å². The smallest absolute Gasteiger partial charge is 0.310 e. The standard InChI is InChI=1S/C27H25FN2O4/c1-2-32-24(31)13-16-5-4-8-22-27(16)34-23(15-30-22)19-11-17-9-10-33-26(17)21(12-19)20-7-3-6-18(14-29)25(20)28/h3-12,23,30H,2,13-15,29H2,1H3/t23-/m1/s1. The van der Waals surface area contributed by atoms with Crippen molar-refractivity contribution in [2.24, 2.45) is 5.73 Å². The Morgan fingerprint density at radius 2 is 1.97 bits per heavy atom. The van der Waals surface area contributed by atoms with Crippen LogP contribution in [0.4, 0.5) is 10.1 Å². The van der Waals surface area contributed by atoms with Crippen LogP contribution in [0.25, 0.3) is 22.1 Å². The van der Waals surface area contributed by atoms with E-state index in [1.165, 1.54) is 0 Å². The predicted octanol–water partition coefficient (Wildman–Crippen LogP) is 5.35. The van der Waals surface area contributed by atoms with Gasteiger partial charge in [0.25, 0.3) is 0 Å². The normalized spacial score (nSPS) is 14.9. The van der Waals surface area contributed by atoms with Crippen molar-refractivity contribution in [2.75, 3.05) is 18.5 Å². The monoisotopic (exact) mass is 460 g/mol. The molecule has 0 aliphatic carbocycles. The van der Waals surface area contributed by atoms with Gasteiger partial charge in [0.15, 0.2) is 0 Å². The van der Waals surface area contributed by atoms with Crippen LogP contribution in [0.2, 0.25) is 0 Å². The summed E-state index contributed by atoms with van der Waals surface area (Å²) in [6.07, 6.45) is 1.36. The molecule has 1 atom stereocenters. The maximum Gasteiger partial charge on any atom is 0.310 e. The summed E-state index contributed by atoms with van der Waals surface area (Å²) in [7, 11) is 0. The summed E-state index contributed by atoms with van der Waals surface area (Å²) in [5.74, 6) is -0.0412. The number of anilines is 1. The van der Waals surface area contributed by atoms with Crippen LogP contribution < -0.4 is 15.8 Å². The van der Waals surface area contributed by atoms with E-state index in [0.29, 0.717) is 41.2 Å². The highest BCUT2D eigenvalue weighted by molar-refractivity contribution is 5.93. The summed E-state index contributed by atoms with van der Waals surface area (Å²) in [4.78, 5) is 12.1. The van der Waals surface area contributed by atoms with Crippen LogP contribution in [0.15, 0.2) is 65.3 Å². The molecule has 3 N–H and O–H groups in total. The maximum absolute atomic E-state index is 15.2.